The van der Waals surface area contributed by atoms with E-state index in [4.69, 9.17) is 9.47 Å². The summed E-state index contributed by atoms with van der Waals surface area (Å²) in [5.41, 5.74) is 3.36. The summed E-state index contributed by atoms with van der Waals surface area (Å²) in [7, 11) is 5.33. The Balaban J connectivity index is 2.31. The molecule has 0 bridgehead atoms. The molecule has 98 valence electrons. The molecule has 4 nitrogen and oxygen atoms in total. The minimum absolute atomic E-state index is 0.744. The molecule has 0 aliphatic rings. The monoisotopic (exact) mass is 256 g/mol. The van der Waals surface area contributed by atoms with Crippen molar-refractivity contribution in [3.8, 4) is 22.8 Å². The molecule has 2 heterocycles. The van der Waals surface area contributed by atoms with Gasteiger partial charge in [-0.15, -0.1) is 0 Å². The fourth-order valence-corrected chi connectivity index (χ4v) is 2.42. The third-order valence-electron chi connectivity index (χ3n) is 3.38. The highest BCUT2D eigenvalue weighted by molar-refractivity contribution is 5.97. The Morgan fingerprint density at radius 3 is 2.47 bits per heavy atom. The first-order valence-corrected chi connectivity index (χ1v) is 6.09. The van der Waals surface area contributed by atoms with Crippen LogP contribution in [0.5, 0.6) is 11.5 Å². The molecule has 0 unspecified atom stereocenters. The van der Waals surface area contributed by atoms with Crippen LogP contribution >= 0.6 is 0 Å². The van der Waals surface area contributed by atoms with Crippen LogP contribution in [0.3, 0.4) is 0 Å². The second-order valence-electron chi connectivity index (χ2n) is 4.46. The van der Waals surface area contributed by atoms with Crippen LogP contribution in [-0.4, -0.2) is 23.8 Å². The molecule has 19 heavy (non-hydrogen) atoms. The van der Waals surface area contributed by atoms with E-state index in [1.54, 1.807) is 14.2 Å². The number of methoxy groups -OCH3 is 2. The average molecular weight is 256 g/mol. The van der Waals surface area contributed by atoms with Crippen LogP contribution < -0.4 is 9.47 Å². The fourth-order valence-electron chi connectivity index (χ4n) is 2.42. The van der Waals surface area contributed by atoms with E-state index in [1.807, 2.05) is 31.4 Å². The Hall–Kier alpha value is -2.36. The topological polar surface area (TPSA) is 39.2 Å². The molecule has 0 spiro atoms. The number of benzene rings is 1. The zero-order valence-electron chi connectivity index (χ0n) is 11.2. The first-order chi connectivity index (χ1) is 9.24. The number of H-pyrrole nitrogens is 1. The molecule has 0 saturated heterocycles. The van der Waals surface area contributed by atoms with E-state index in [9.17, 15) is 0 Å². The van der Waals surface area contributed by atoms with Crippen LogP contribution in [0.4, 0.5) is 0 Å². The molecule has 0 atom stereocenters. The third-order valence-corrected chi connectivity index (χ3v) is 3.38. The van der Waals surface area contributed by atoms with Crippen molar-refractivity contribution >= 4 is 10.9 Å². The molecule has 4 heteroatoms. The Morgan fingerprint density at radius 2 is 1.84 bits per heavy atom. The summed E-state index contributed by atoms with van der Waals surface area (Å²) < 4.78 is 12.8. The number of hydrogen-bond acceptors (Lipinski definition) is 2. The van der Waals surface area contributed by atoms with Crippen molar-refractivity contribution in [1.29, 1.82) is 0 Å². The minimum Gasteiger partial charge on any atom is -0.493 e. The minimum atomic E-state index is 0.744. The number of nitrogens with zero attached hydrogens (tertiary/aromatic N) is 1. The lowest BCUT2D eigenvalue weighted by Crippen LogP contribution is -1.91. The number of nitrogens with one attached hydrogen (secondary N) is 1. The number of hydrogen-bond donors (Lipinski definition) is 1. The summed E-state index contributed by atoms with van der Waals surface area (Å²) in [6.07, 6.45) is 4.03. The van der Waals surface area contributed by atoms with Crippen molar-refractivity contribution in [2.45, 2.75) is 0 Å². The number of aromatic nitrogens is 2. The van der Waals surface area contributed by atoms with Gasteiger partial charge in [0.05, 0.1) is 19.7 Å². The van der Waals surface area contributed by atoms with Gasteiger partial charge in [0.25, 0.3) is 0 Å². The summed E-state index contributed by atoms with van der Waals surface area (Å²) in [5.74, 6) is 1.49. The molecule has 3 aromatic rings. The molecule has 1 N–H and O–H groups in total. The van der Waals surface area contributed by atoms with E-state index in [0.29, 0.717) is 0 Å². The Bertz CT molecular complexity index is 711. The van der Waals surface area contributed by atoms with Gasteiger partial charge >= 0.3 is 0 Å². The molecular formula is C15H16N2O2. The van der Waals surface area contributed by atoms with Gasteiger partial charge in [0.15, 0.2) is 11.5 Å². The fraction of sp³-hybridized carbons (Fsp3) is 0.200. The number of rotatable bonds is 3. The molecule has 0 fully saturated rings. The quantitative estimate of drug-likeness (QED) is 0.781. The summed E-state index contributed by atoms with van der Waals surface area (Å²) >= 11 is 0. The summed E-state index contributed by atoms with van der Waals surface area (Å²) in [6, 6.07) is 8.07. The molecule has 0 aliphatic carbocycles. The maximum atomic E-state index is 5.38. The summed E-state index contributed by atoms with van der Waals surface area (Å²) in [6.45, 7) is 0. The van der Waals surface area contributed by atoms with Crippen molar-refractivity contribution in [2.75, 3.05) is 14.2 Å². The molecule has 3 rings (SSSR count). The van der Waals surface area contributed by atoms with E-state index < -0.39 is 0 Å². The highest BCUT2D eigenvalue weighted by atomic mass is 16.5. The van der Waals surface area contributed by atoms with E-state index in [-0.39, 0.29) is 0 Å². The standard InChI is InChI=1S/C15H16N2O2/c1-17-9-11(12-5-4-6-16-12)10-7-14(18-2)15(19-3)8-13(10)17/h4-9,16H,1-3H3. The number of ether oxygens (including phenoxy) is 2. The van der Waals surface area contributed by atoms with Crippen molar-refractivity contribution in [1.82, 2.24) is 9.55 Å². The molecule has 1 aromatic carbocycles. The Labute approximate surface area is 111 Å². The van der Waals surface area contributed by atoms with Gasteiger partial charge in [-0.1, -0.05) is 0 Å². The summed E-state index contributed by atoms with van der Waals surface area (Å²) in [4.78, 5) is 3.24. The Kier molecular flexibility index (Phi) is 2.71. The molecule has 0 saturated carbocycles. The van der Waals surface area contributed by atoms with Gasteiger partial charge in [0.1, 0.15) is 0 Å². The van der Waals surface area contributed by atoms with Crippen LogP contribution in [0.25, 0.3) is 22.2 Å². The lowest BCUT2D eigenvalue weighted by Gasteiger charge is -2.08. The van der Waals surface area contributed by atoms with E-state index in [0.717, 1.165) is 33.7 Å². The average Bonchev–Trinajstić information content (AvgIpc) is 3.05. The van der Waals surface area contributed by atoms with Crippen molar-refractivity contribution in [2.24, 2.45) is 7.05 Å². The van der Waals surface area contributed by atoms with Gasteiger partial charge < -0.3 is 19.0 Å². The smallest absolute Gasteiger partial charge is 0.162 e. The highest BCUT2D eigenvalue weighted by Crippen LogP contribution is 2.37. The van der Waals surface area contributed by atoms with Gasteiger partial charge in [-0.25, -0.2) is 0 Å². The number of aryl methyl sites for hydroxylation is 1. The maximum absolute atomic E-state index is 5.38. The third kappa shape index (κ3) is 1.76. The van der Waals surface area contributed by atoms with Gasteiger partial charge in [-0.2, -0.15) is 0 Å². The molecule has 0 amide bonds. The predicted molar refractivity (Wildman–Crippen MR) is 75.8 cm³/mol. The first kappa shape index (κ1) is 11.7. The molecule has 0 radical (unpaired) electrons. The van der Waals surface area contributed by atoms with E-state index in [2.05, 4.69) is 21.8 Å². The van der Waals surface area contributed by atoms with Crippen LogP contribution in [-0.2, 0) is 7.05 Å². The lowest BCUT2D eigenvalue weighted by molar-refractivity contribution is 0.355. The molecule has 2 aromatic heterocycles. The Morgan fingerprint density at radius 1 is 1.11 bits per heavy atom. The van der Waals surface area contributed by atoms with Crippen LogP contribution in [0.2, 0.25) is 0 Å². The number of aromatic amines is 1. The van der Waals surface area contributed by atoms with Gasteiger partial charge in [-0.3, -0.25) is 0 Å². The van der Waals surface area contributed by atoms with Gasteiger partial charge in [-0.05, 0) is 18.2 Å². The maximum Gasteiger partial charge on any atom is 0.162 e. The van der Waals surface area contributed by atoms with Crippen LogP contribution in [0, 0.1) is 0 Å². The SMILES string of the molecule is COc1cc2c(-c3ccc[nH]3)cn(C)c2cc1OC. The van der Waals surface area contributed by atoms with Crippen LogP contribution in [0.1, 0.15) is 0 Å². The van der Waals surface area contributed by atoms with Gasteiger partial charge in [0, 0.05) is 42.2 Å². The number of fused-ring (bicyclic) bond motifs is 1. The summed E-state index contributed by atoms with van der Waals surface area (Å²) in [5, 5.41) is 1.14. The van der Waals surface area contributed by atoms with Crippen molar-refractivity contribution < 1.29 is 9.47 Å². The highest BCUT2D eigenvalue weighted by Gasteiger charge is 2.13. The molecular weight excluding hydrogens is 240 g/mol. The van der Waals surface area contributed by atoms with Gasteiger partial charge in [0.2, 0.25) is 0 Å². The zero-order valence-corrected chi connectivity index (χ0v) is 11.2. The second-order valence-corrected chi connectivity index (χ2v) is 4.46. The van der Waals surface area contributed by atoms with Crippen LogP contribution in [0.15, 0.2) is 36.7 Å². The lowest BCUT2D eigenvalue weighted by atomic mass is 10.1. The van der Waals surface area contributed by atoms with E-state index >= 15 is 0 Å². The largest absolute Gasteiger partial charge is 0.493 e. The first-order valence-electron chi connectivity index (χ1n) is 6.09. The normalized spacial score (nSPS) is 10.9. The van der Waals surface area contributed by atoms with E-state index in [1.165, 1.54) is 0 Å². The van der Waals surface area contributed by atoms with Crippen molar-refractivity contribution in [3.05, 3.63) is 36.7 Å². The zero-order chi connectivity index (χ0) is 13.4. The van der Waals surface area contributed by atoms with Crippen molar-refractivity contribution in [3.63, 3.8) is 0 Å². The predicted octanol–water partition coefficient (Wildman–Crippen LogP) is 3.19. The molecule has 0 aliphatic heterocycles. The second kappa shape index (κ2) is 4.39.